The molecular formula is C10H18BN. The Labute approximate surface area is 76.1 Å². The van der Waals surface area contributed by atoms with Crippen LogP contribution in [0.3, 0.4) is 0 Å². The van der Waals surface area contributed by atoms with Crippen molar-refractivity contribution in [3.8, 4) is 0 Å². The third kappa shape index (κ3) is 3.27. The first-order chi connectivity index (χ1) is 5.47. The topological polar surface area (TPSA) is 26.0 Å². The molecule has 0 aliphatic heterocycles. The monoisotopic (exact) mass is 163 g/mol. The summed E-state index contributed by atoms with van der Waals surface area (Å²) in [5.74, 6) is 0.648. The van der Waals surface area contributed by atoms with Gasteiger partial charge in [-0.15, -0.1) is 0 Å². The zero-order chi connectivity index (χ0) is 9.19. The quantitative estimate of drug-likeness (QED) is 0.608. The molecule has 0 saturated carbocycles. The lowest BCUT2D eigenvalue weighted by molar-refractivity contribution is 0.406. The van der Waals surface area contributed by atoms with Gasteiger partial charge in [0.15, 0.2) is 0 Å². The van der Waals surface area contributed by atoms with Crippen molar-refractivity contribution in [2.24, 2.45) is 11.7 Å². The fraction of sp³-hybridized carbons (Fsp3) is 0.600. The molecule has 1 aliphatic rings. The molecule has 1 rings (SSSR count). The highest BCUT2D eigenvalue weighted by Gasteiger charge is 2.17. The first-order valence-electron chi connectivity index (χ1n) is 4.61. The minimum Gasteiger partial charge on any atom is -0.326 e. The normalized spacial score (nSPS) is 23.9. The van der Waals surface area contributed by atoms with Gasteiger partial charge >= 0.3 is 0 Å². The van der Waals surface area contributed by atoms with E-state index in [-0.39, 0.29) is 5.54 Å². The van der Waals surface area contributed by atoms with E-state index in [4.69, 9.17) is 5.73 Å². The lowest BCUT2D eigenvalue weighted by Gasteiger charge is -2.25. The molecule has 2 heteroatoms. The van der Waals surface area contributed by atoms with Gasteiger partial charge in [0.2, 0.25) is 0 Å². The van der Waals surface area contributed by atoms with E-state index in [1.54, 1.807) is 0 Å². The molecule has 0 fully saturated rings. The molecule has 0 aromatic heterocycles. The van der Waals surface area contributed by atoms with E-state index in [0.29, 0.717) is 5.92 Å². The van der Waals surface area contributed by atoms with Gasteiger partial charge < -0.3 is 5.73 Å². The summed E-state index contributed by atoms with van der Waals surface area (Å²) in [6, 6.07) is 0. The zero-order valence-corrected chi connectivity index (χ0v) is 8.30. The Kier molecular flexibility index (Phi) is 2.78. The minimum atomic E-state index is -0.0351. The van der Waals surface area contributed by atoms with Crippen molar-refractivity contribution in [1.29, 1.82) is 0 Å². The molecule has 1 unspecified atom stereocenters. The second-order valence-corrected chi connectivity index (χ2v) is 4.50. The summed E-state index contributed by atoms with van der Waals surface area (Å²) < 4.78 is 0. The third-order valence-corrected chi connectivity index (χ3v) is 2.11. The van der Waals surface area contributed by atoms with Gasteiger partial charge in [0.1, 0.15) is 7.85 Å². The number of hydrogen-bond donors (Lipinski definition) is 1. The second kappa shape index (κ2) is 3.48. The van der Waals surface area contributed by atoms with Crippen LogP contribution in [0.4, 0.5) is 0 Å². The van der Waals surface area contributed by atoms with Crippen molar-refractivity contribution < 1.29 is 0 Å². The Bertz CT molecular complexity index is 210. The van der Waals surface area contributed by atoms with Crippen LogP contribution in [-0.4, -0.2) is 13.4 Å². The van der Waals surface area contributed by atoms with Crippen LogP contribution in [0.5, 0.6) is 0 Å². The van der Waals surface area contributed by atoms with E-state index >= 15 is 0 Å². The Morgan fingerprint density at radius 3 is 2.83 bits per heavy atom. The smallest absolute Gasteiger partial charge is 0.138 e. The first-order valence-corrected chi connectivity index (χ1v) is 4.61. The van der Waals surface area contributed by atoms with Gasteiger partial charge in [0.25, 0.3) is 0 Å². The maximum atomic E-state index is 5.96. The number of nitrogens with two attached hydrogens (primary N) is 1. The van der Waals surface area contributed by atoms with Gasteiger partial charge in [-0.1, -0.05) is 23.7 Å². The van der Waals surface area contributed by atoms with Crippen molar-refractivity contribution in [3.63, 3.8) is 0 Å². The maximum Gasteiger partial charge on any atom is 0.138 e. The standard InChI is InChI=1S/C10H18BN/c1-10(2,12)7-8-4-3-5-9(11)6-8/h3,5-6,8H,4,7,11-12H2,1-2H3. The summed E-state index contributed by atoms with van der Waals surface area (Å²) in [5, 5.41) is 0. The molecule has 1 nitrogen and oxygen atoms in total. The molecule has 0 radical (unpaired) electrons. The lowest BCUT2D eigenvalue weighted by Crippen LogP contribution is -2.34. The summed E-state index contributed by atoms with van der Waals surface area (Å²) >= 11 is 0. The van der Waals surface area contributed by atoms with E-state index in [1.165, 1.54) is 5.47 Å². The molecule has 0 bridgehead atoms. The van der Waals surface area contributed by atoms with E-state index in [1.807, 2.05) is 0 Å². The Morgan fingerprint density at radius 2 is 2.33 bits per heavy atom. The Hall–Kier alpha value is -0.495. The summed E-state index contributed by atoms with van der Waals surface area (Å²) in [6.07, 6.45) is 8.98. The summed E-state index contributed by atoms with van der Waals surface area (Å²) in [5.41, 5.74) is 7.29. The van der Waals surface area contributed by atoms with Crippen LogP contribution >= 0.6 is 0 Å². The van der Waals surface area contributed by atoms with E-state index in [0.717, 1.165) is 12.8 Å². The van der Waals surface area contributed by atoms with Gasteiger partial charge in [0, 0.05) is 5.54 Å². The van der Waals surface area contributed by atoms with Crippen LogP contribution in [0, 0.1) is 5.92 Å². The SMILES string of the molecule is BC1=CC(CC(C)(C)N)CC=C1. The molecule has 0 aromatic carbocycles. The van der Waals surface area contributed by atoms with Crippen LogP contribution in [0.2, 0.25) is 0 Å². The van der Waals surface area contributed by atoms with Crippen molar-refractivity contribution in [2.45, 2.75) is 32.2 Å². The molecule has 1 atom stereocenters. The molecule has 0 saturated heterocycles. The molecule has 66 valence electrons. The maximum absolute atomic E-state index is 5.96. The molecule has 2 N–H and O–H groups in total. The van der Waals surface area contributed by atoms with Crippen molar-refractivity contribution in [3.05, 3.63) is 23.7 Å². The average molecular weight is 163 g/mol. The van der Waals surface area contributed by atoms with Crippen LogP contribution in [0.1, 0.15) is 26.7 Å². The van der Waals surface area contributed by atoms with E-state index < -0.39 is 0 Å². The summed E-state index contributed by atoms with van der Waals surface area (Å²) in [7, 11) is 2.15. The molecule has 0 spiro atoms. The van der Waals surface area contributed by atoms with Crippen molar-refractivity contribution >= 4 is 7.85 Å². The summed E-state index contributed by atoms with van der Waals surface area (Å²) in [6.45, 7) is 4.18. The highest BCUT2D eigenvalue weighted by molar-refractivity contribution is 6.23. The zero-order valence-electron chi connectivity index (χ0n) is 8.30. The minimum absolute atomic E-state index is 0.0351. The number of allylic oxidation sites excluding steroid dienone is 4. The fourth-order valence-corrected chi connectivity index (χ4v) is 1.74. The predicted octanol–water partition coefficient (Wildman–Crippen LogP) is 1.21. The Balaban J connectivity index is 2.51. The van der Waals surface area contributed by atoms with Gasteiger partial charge in [-0.25, -0.2) is 0 Å². The van der Waals surface area contributed by atoms with Crippen LogP contribution in [-0.2, 0) is 0 Å². The molecule has 12 heavy (non-hydrogen) atoms. The number of rotatable bonds is 2. The third-order valence-electron chi connectivity index (χ3n) is 2.11. The van der Waals surface area contributed by atoms with E-state index in [9.17, 15) is 0 Å². The van der Waals surface area contributed by atoms with Crippen LogP contribution in [0.25, 0.3) is 0 Å². The second-order valence-electron chi connectivity index (χ2n) is 4.50. The first kappa shape index (κ1) is 9.59. The molecule has 0 heterocycles. The van der Waals surface area contributed by atoms with E-state index in [2.05, 4.69) is 39.9 Å². The molecule has 1 aliphatic carbocycles. The van der Waals surface area contributed by atoms with Gasteiger partial charge in [0.05, 0.1) is 0 Å². The fourth-order valence-electron chi connectivity index (χ4n) is 1.74. The van der Waals surface area contributed by atoms with Gasteiger partial charge in [-0.05, 0) is 32.6 Å². The van der Waals surface area contributed by atoms with Crippen molar-refractivity contribution in [1.82, 2.24) is 0 Å². The molecular weight excluding hydrogens is 145 g/mol. The largest absolute Gasteiger partial charge is 0.326 e. The lowest BCUT2D eigenvalue weighted by atomic mass is 9.81. The van der Waals surface area contributed by atoms with Crippen molar-refractivity contribution in [2.75, 3.05) is 0 Å². The van der Waals surface area contributed by atoms with Crippen LogP contribution < -0.4 is 5.73 Å². The van der Waals surface area contributed by atoms with Crippen LogP contribution in [0.15, 0.2) is 23.7 Å². The Morgan fingerprint density at radius 1 is 1.67 bits per heavy atom. The highest BCUT2D eigenvalue weighted by atomic mass is 14.7. The molecule has 0 amide bonds. The number of hydrogen-bond acceptors (Lipinski definition) is 1. The average Bonchev–Trinajstić information content (AvgIpc) is 1.82. The van der Waals surface area contributed by atoms with Gasteiger partial charge in [-0.2, -0.15) is 0 Å². The van der Waals surface area contributed by atoms with Gasteiger partial charge in [-0.3, -0.25) is 0 Å². The summed E-state index contributed by atoms with van der Waals surface area (Å²) in [4.78, 5) is 0. The highest BCUT2D eigenvalue weighted by Crippen LogP contribution is 2.23. The molecule has 0 aromatic rings. The predicted molar refractivity (Wildman–Crippen MR) is 56.8 cm³/mol.